The molecule has 2 aromatic rings. The summed E-state index contributed by atoms with van der Waals surface area (Å²) in [6, 6.07) is 3.09. The van der Waals surface area contributed by atoms with Crippen LogP contribution in [0.2, 0.25) is 5.02 Å². The van der Waals surface area contributed by atoms with Gasteiger partial charge in [-0.2, -0.15) is 5.10 Å². The maximum atomic E-state index is 10.9. The van der Waals surface area contributed by atoms with Gasteiger partial charge in [0.15, 0.2) is 0 Å². The highest BCUT2D eigenvalue weighted by molar-refractivity contribution is 6.33. The van der Waals surface area contributed by atoms with Crippen molar-refractivity contribution in [1.82, 2.24) is 9.78 Å². The minimum atomic E-state index is -0.480. The van der Waals surface area contributed by atoms with Gasteiger partial charge in [-0.15, -0.1) is 0 Å². The standard InChI is InChI=1S/C13H14ClN3O3/c1-20-8-13(2-3-13)7-16-11-5-10(14)12(17(18)19)4-9(11)6-15-16/h4-6H,2-3,7-8H2,1H3. The number of aromatic nitrogens is 2. The van der Waals surface area contributed by atoms with Gasteiger partial charge in [-0.05, 0) is 18.9 Å². The minimum Gasteiger partial charge on any atom is -0.384 e. The maximum Gasteiger partial charge on any atom is 0.288 e. The van der Waals surface area contributed by atoms with E-state index < -0.39 is 4.92 Å². The molecule has 1 aromatic carbocycles. The number of halogens is 1. The molecule has 0 aliphatic heterocycles. The van der Waals surface area contributed by atoms with Crippen LogP contribution in [0.4, 0.5) is 5.69 Å². The first-order valence-corrected chi connectivity index (χ1v) is 6.71. The maximum absolute atomic E-state index is 10.9. The zero-order valence-electron chi connectivity index (χ0n) is 11.0. The fraction of sp³-hybridized carbons (Fsp3) is 0.462. The molecule has 1 fully saturated rings. The van der Waals surface area contributed by atoms with Crippen molar-refractivity contribution < 1.29 is 9.66 Å². The zero-order valence-corrected chi connectivity index (χ0v) is 11.8. The van der Waals surface area contributed by atoms with Gasteiger partial charge in [0.05, 0.1) is 23.2 Å². The van der Waals surface area contributed by atoms with E-state index in [9.17, 15) is 10.1 Å². The van der Waals surface area contributed by atoms with Crippen LogP contribution < -0.4 is 0 Å². The molecule has 0 bridgehead atoms. The fourth-order valence-electron chi connectivity index (χ4n) is 2.50. The second-order valence-electron chi connectivity index (χ2n) is 5.35. The minimum absolute atomic E-state index is 0.0863. The van der Waals surface area contributed by atoms with Gasteiger partial charge in [0.2, 0.25) is 0 Å². The van der Waals surface area contributed by atoms with Crippen LogP contribution in [-0.4, -0.2) is 28.4 Å². The van der Waals surface area contributed by atoms with Gasteiger partial charge in [-0.25, -0.2) is 0 Å². The summed E-state index contributed by atoms with van der Waals surface area (Å²) in [6.45, 7) is 1.45. The number of rotatable bonds is 5. The Labute approximate surface area is 120 Å². The Morgan fingerprint density at radius 2 is 2.30 bits per heavy atom. The highest BCUT2D eigenvalue weighted by atomic mass is 35.5. The third-order valence-electron chi connectivity index (χ3n) is 3.80. The summed E-state index contributed by atoms with van der Waals surface area (Å²) in [5, 5.41) is 16.1. The molecule has 0 atom stereocenters. The van der Waals surface area contributed by atoms with E-state index in [0.717, 1.165) is 30.3 Å². The predicted octanol–water partition coefficient (Wildman–Crippen LogP) is 3.02. The molecular formula is C13H14ClN3O3. The lowest BCUT2D eigenvalue weighted by Gasteiger charge is -2.14. The average Bonchev–Trinajstić information content (AvgIpc) is 3.04. The van der Waals surface area contributed by atoms with Gasteiger partial charge in [-0.3, -0.25) is 14.8 Å². The molecule has 6 nitrogen and oxygen atoms in total. The van der Waals surface area contributed by atoms with Crippen LogP contribution >= 0.6 is 11.6 Å². The zero-order chi connectivity index (χ0) is 14.3. The normalized spacial score (nSPS) is 16.5. The van der Waals surface area contributed by atoms with Gasteiger partial charge in [0, 0.05) is 30.5 Å². The number of benzene rings is 1. The molecule has 0 spiro atoms. The van der Waals surface area contributed by atoms with E-state index in [1.54, 1.807) is 19.4 Å². The molecule has 1 saturated carbocycles. The van der Waals surface area contributed by atoms with Crippen molar-refractivity contribution in [2.45, 2.75) is 19.4 Å². The summed E-state index contributed by atoms with van der Waals surface area (Å²) in [5.74, 6) is 0. The number of fused-ring (bicyclic) bond motifs is 1. The molecule has 0 unspecified atom stereocenters. The van der Waals surface area contributed by atoms with Crippen LogP contribution in [0.1, 0.15) is 12.8 Å². The van der Waals surface area contributed by atoms with Crippen molar-refractivity contribution in [1.29, 1.82) is 0 Å². The van der Waals surface area contributed by atoms with E-state index in [1.165, 1.54) is 6.07 Å². The SMILES string of the molecule is COCC1(Cn2ncc3cc([N+](=O)[O-])c(Cl)cc32)CC1. The van der Waals surface area contributed by atoms with Crippen LogP contribution in [0.15, 0.2) is 18.3 Å². The number of methoxy groups -OCH3 is 1. The van der Waals surface area contributed by atoms with E-state index in [4.69, 9.17) is 16.3 Å². The smallest absolute Gasteiger partial charge is 0.288 e. The number of ether oxygens (including phenoxy) is 1. The molecule has 1 heterocycles. The first kappa shape index (κ1) is 13.3. The Balaban J connectivity index is 1.97. The van der Waals surface area contributed by atoms with E-state index in [2.05, 4.69) is 5.10 Å². The highest BCUT2D eigenvalue weighted by Crippen LogP contribution is 2.47. The lowest BCUT2D eigenvalue weighted by molar-refractivity contribution is -0.384. The van der Waals surface area contributed by atoms with Crippen molar-refractivity contribution >= 4 is 28.2 Å². The summed E-state index contributed by atoms with van der Waals surface area (Å²) >= 11 is 5.97. The Hall–Kier alpha value is -1.66. The molecule has 20 heavy (non-hydrogen) atoms. The average molecular weight is 296 g/mol. The topological polar surface area (TPSA) is 70.2 Å². The summed E-state index contributed by atoms with van der Waals surface area (Å²) in [6.07, 6.45) is 3.87. The monoisotopic (exact) mass is 295 g/mol. The predicted molar refractivity (Wildman–Crippen MR) is 74.9 cm³/mol. The van der Waals surface area contributed by atoms with Crippen molar-refractivity contribution in [3.05, 3.63) is 33.5 Å². The molecule has 3 rings (SSSR count). The first-order chi connectivity index (χ1) is 9.54. The molecule has 0 saturated heterocycles. The lowest BCUT2D eigenvalue weighted by atomic mass is 10.1. The molecule has 0 radical (unpaired) electrons. The number of nitrogens with zero attached hydrogens (tertiary/aromatic N) is 3. The molecule has 7 heteroatoms. The number of nitro groups is 1. The van der Waals surface area contributed by atoms with E-state index in [0.29, 0.717) is 6.61 Å². The fourth-order valence-corrected chi connectivity index (χ4v) is 2.73. The van der Waals surface area contributed by atoms with E-state index in [-0.39, 0.29) is 16.1 Å². The molecule has 0 N–H and O–H groups in total. The molecule has 1 aromatic heterocycles. The van der Waals surface area contributed by atoms with Crippen molar-refractivity contribution in [2.24, 2.45) is 5.41 Å². The Morgan fingerprint density at radius 1 is 1.55 bits per heavy atom. The Morgan fingerprint density at radius 3 is 2.90 bits per heavy atom. The van der Waals surface area contributed by atoms with Crippen LogP contribution in [-0.2, 0) is 11.3 Å². The van der Waals surface area contributed by atoms with Crippen molar-refractivity contribution in [2.75, 3.05) is 13.7 Å². The number of hydrogen-bond acceptors (Lipinski definition) is 4. The number of hydrogen-bond donors (Lipinski definition) is 0. The van der Waals surface area contributed by atoms with Crippen molar-refractivity contribution in [3.63, 3.8) is 0 Å². The molecule has 1 aliphatic carbocycles. The van der Waals surface area contributed by atoms with Crippen LogP contribution in [0.3, 0.4) is 0 Å². The van der Waals surface area contributed by atoms with Gasteiger partial charge in [0.1, 0.15) is 5.02 Å². The Kier molecular flexibility index (Phi) is 3.14. The molecule has 1 aliphatic rings. The quantitative estimate of drug-likeness (QED) is 0.628. The summed E-state index contributed by atoms with van der Waals surface area (Å²) in [5.41, 5.74) is 0.891. The number of nitro benzene ring substituents is 1. The van der Waals surface area contributed by atoms with E-state index >= 15 is 0 Å². The highest BCUT2D eigenvalue weighted by Gasteiger charge is 2.43. The third-order valence-corrected chi connectivity index (χ3v) is 4.10. The third kappa shape index (κ3) is 2.25. The van der Waals surface area contributed by atoms with Gasteiger partial charge in [-0.1, -0.05) is 11.6 Å². The second-order valence-corrected chi connectivity index (χ2v) is 5.76. The van der Waals surface area contributed by atoms with Gasteiger partial charge < -0.3 is 4.74 Å². The van der Waals surface area contributed by atoms with Gasteiger partial charge in [0.25, 0.3) is 5.69 Å². The largest absolute Gasteiger partial charge is 0.384 e. The van der Waals surface area contributed by atoms with Crippen LogP contribution in [0, 0.1) is 15.5 Å². The van der Waals surface area contributed by atoms with Crippen LogP contribution in [0.5, 0.6) is 0 Å². The van der Waals surface area contributed by atoms with Crippen LogP contribution in [0.25, 0.3) is 10.9 Å². The van der Waals surface area contributed by atoms with E-state index in [1.807, 2.05) is 4.68 Å². The van der Waals surface area contributed by atoms with Crippen molar-refractivity contribution in [3.8, 4) is 0 Å². The summed E-state index contributed by atoms with van der Waals surface area (Å²) in [7, 11) is 1.70. The second kappa shape index (κ2) is 4.71. The summed E-state index contributed by atoms with van der Waals surface area (Å²) < 4.78 is 7.11. The van der Waals surface area contributed by atoms with Gasteiger partial charge >= 0.3 is 0 Å². The Bertz CT molecular complexity index is 679. The summed E-state index contributed by atoms with van der Waals surface area (Å²) in [4.78, 5) is 10.4. The lowest BCUT2D eigenvalue weighted by Crippen LogP contribution is -2.17. The first-order valence-electron chi connectivity index (χ1n) is 6.33. The molecular weight excluding hydrogens is 282 g/mol. The molecule has 0 amide bonds. The molecule has 106 valence electrons.